The van der Waals surface area contributed by atoms with E-state index in [2.05, 4.69) is 9.71 Å². The van der Waals surface area contributed by atoms with E-state index in [0.717, 1.165) is 6.20 Å². The monoisotopic (exact) mass is 312 g/mol. The minimum absolute atomic E-state index is 0.0658. The maximum absolute atomic E-state index is 12.1. The predicted molar refractivity (Wildman–Crippen MR) is 73.5 cm³/mol. The number of hydrogen-bond donors (Lipinski definition) is 2. The lowest BCUT2D eigenvalue weighted by atomic mass is 10.3. The molecular formula is C12H9ClN2O4S. The van der Waals surface area contributed by atoms with Crippen LogP contribution < -0.4 is 4.72 Å². The second-order valence-corrected chi connectivity index (χ2v) is 5.83. The van der Waals surface area contributed by atoms with Crippen molar-refractivity contribution in [1.29, 1.82) is 0 Å². The van der Waals surface area contributed by atoms with Gasteiger partial charge in [0, 0.05) is 0 Å². The summed E-state index contributed by atoms with van der Waals surface area (Å²) in [5.41, 5.74) is -0.0272. The van der Waals surface area contributed by atoms with Crippen molar-refractivity contribution in [3.8, 4) is 0 Å². The van der Waals surface area contributed by atoms with Crippen molar-refractivity contribution in [3.05, 3.63) is 53.3 Å². The van der Waals surface area contributed by atoms with E-state index in [4.69, 9.17) is 16.7 Å². The van der Waals surface area contributed by atoms with Crippen LogP contribution in [0.25, 0.3) is 0 Å². The van der Waals surface area contributed by atoms with Crippen molar-refractivity contribution >= 4 is 33.3 Å². The summed E-state index contributed by atoms with van der Waals surface area (Å²) in [6, 6.07) is 8.50. The fraction of sp³-hybridized carbons (Fsp3) is 0. The molecule has 6 nitrogen and oxygen atoms in total. The summed E-state index contributed by atoms with van der Waals surface area (Å²) < 4.78 is 26.5. The number of benzene rings is 1. The van der Waals surface area contributed by atoms with Crippen LogP contribution in [-0.2, 0) is 10.0 Å². The standard InChI is InChI=1S/C12H9ClN2O4S/c13-9-3-1-2-4-11(9)20(18,19)15-8-5-6-10(12(16)17)14-7-8/h1-7,15H,(H,16,17). The molecule has 0 radical (unpaired) electrons. The molecule has 0 aliphatic rings. The Morgan fingerprint density at radius 2 is 1.90 bits per heavy atom. The first-order chi connectivity index (χ1) is 9.40. The van der Waals surface area contributed by atoms with E-state index in [-0.39, 0.29) is 21.3 Å². The number of rotatable bonds is 4. The first-order valence-corrected chi connectivity index (χ1v) is 7.23. The van der Waals surface area contributed by atoms with Crippen molar-refractivity contribution in [3.63, 3.8) is 0 Å². The van der Waals surface area contributed by atoms with Crippen molar-refractivity contribution < 1.29 is 18.3 Å². The third-order valence-corrected chi connectivity index (χ3v) is 4.24. The van der Waals surface area contributed by atoms with Gasteiger partial charge in [0.15, 0.2) is 0 Å². The zero-order valence-electron chi connectivity index (χ0n) is 9.95. The number of carbonyl (C=O) groups is 1. The van der Waals surface area contributed by atoms with Crippen LogP contribution in [0.15, 0.2) is 47.5 Å². The molecule has 0 amide bonds. The summed E-state index contributed by atoms with van der Waals surface area (Å²) in [5.74, 6) is -1.19. The normalized spacial score (nSPS) is 11.1. The fourth-order valence-corrected chi connectivity index (χ4v) is 3.02. The smallest absolute Gasteiger partial charge is 0.354 e. The minimum Gasteiger partial charge on any atom is -0.477 e. The van der Waals surface area contributed by atoms with Crippen molar-refractivity contribution in [2.75, 3.05) is 4.72 Å². The van der Waals surface area contributed by atoms with E-state index in [1.165, 1.54) is 24.3 Å². The Kier molecular flexibility index (Phi) is 3.91. The predicted octanol–water partition coefficient (Wildman–Crippen LogP) is 2.23. The van der Waals surface area contributed by atoms with Gasteiger partial charge >= 0.3 is 5.97 Å². The Labute approximate surface area is 120 Å². The average molecular weight is 313 g/mol. The first kappa shape index (κ1) is 14.3. The van der Waals surface area contributed by atoms with E-state index in [0.29, 0.717) is 0 Å². The van der Waals surface area contributed by atoms with Gasteiger partial charge in [-0.05, 0) is 24.3 Å². The van der Waals surface area contributed by atoms with Gasteiger partial charge in [-0.1, -0.05) is 23.7 Å². The highest BCUT2D eigenvalue weighted by Gasteiger charge is 2.17. The number of anilines is 1. The SMILES string of the molecule is O=C(O)c1ccc(NS(=O)(=O)c2ccccc2Cl)cn1. The second kappa shape index (κ2) is 5.48. The van der Waals surface area contributed by atoms with Crippen molar-refractivity contribution in [2.45, 2.75) is 4.90 Å². The number of carboxylic acid groups (broad SMARTS) is 1. The molecule has 0 aliphatic carbocycles. The zero-order valence-corrected chi connectivity index (χ0v) is 11.5. The van der Waals surface area contributed by atoms with Gasteiger partial charge in [-0.15, -0.1) is 0 Å². The largest absolute Gasteiger partial charge is 0.477 e. The molecule has 1 aromatic heterocycles. The number of halogens is 1. The van der Waals surface area contributed by atoms with Crippen LogP contribution in [0.3, 0.4) is 0 Å². The number of pyridine rings is 1. The summed E-state index contributed by atoms with van der Waals surface area (Å²) in [6.07, 6.45) is 1.12. The quantitative estimate of drug-likeness (QED) is 0.902. The van der Waals surface area contributed by atoms with E-state index < -0.39 is 16.0 Å². The molecule has 2 N–H and O–H groups in total. The van der Waals surface area contributed by atoms with Gasteiger partial charge in [0.25, 0.3) is 10.0 Å². The third kappa shape index (κ3) is 3.06. The van der Waals surface area contributed by atoms with E-state index in [1.807, 2.05) is 0 Å². The van der Waals surface area contributed by atoms with Gasteiger partial charge in [0.2, 0.25) is 0 Å². The van der Waals surface area contributed by atoms with Gasteiger partial charge in [0.1, 0.15) is 10.6 Å². The summed E-state index contributed by atoms with van der Waals surface area (Å²) in [5, 5.41) is 8.80. The average Bonchev–Trinajstić information content (AvgIpc) is 2.39. The molecule has 0 saturated carbocycles. The van der Waals surface area contributed by atoms with Crippen LogP contribution in [0.4, 0.5) is 5.69 Å². The van der Waals surface area contributed by atoms with Gasteiger partial charge in [0.05, 0.1) is 16.9 Å². The number of nitrogens with one attached hydrogen (secondary N) is 1. The highest BCUT2D eigenvalue weighted by atomic mass is 35.5. The maximum Gasteiger partial charge on any atom is 0.354 e. The second-order valence-electron chi connectivity index (χ2n) is 3.77. The Bertz CT molecular complexity index is 744. The van der Waals surface area contributed by atoms with Gasteiger partial charge in [-0.25, -0.2) is 18.2 Å². The number of carboxylic acids is 1. The lowest BCUT2D eigenvalue weighted by molar-refractivity contribution is 0.0690. The molecule has 0 spiro atoms. The highest BCUT2D eigenvalue weighted by molar-refractivity contribution is 7.92. The molecular weight excluding hydrogens is 304 g/mol. The third-order valence-electron chi connectivity index (χ3n) is 2.36. The summed E-state index contributed by atoms with van der Waals surface area (Å²) >= 11 is 5.83. The van der Waals surface area contributed by atoms with Crippen LogP contribution in [0.1, 0.15) is 10.5 Å². The molecule has 8 heteroatoms. The lowest BCUT2D eigenvalue weighted by Crippen LogP contribution is -2.14. The molecule has 0 fully saturated rings. The molecule has 0 bridgehead atoms. The maximum atomic E-state index is 12.1. The van der Waals surface area contributed by atoms with Crippen LogP contribution >= 0.6 is 11.6 Å². The number of hydrogen-bond acceptors (Lipinski definition) is 4. The van der Waals surface area contributed by atoms with Crippen molar-refractivity contribution in [2.24, 2.45) is 0 Å². The van der Waals surface area contributed by atoms with Crippen LogP contribution in [0.5, 0.6) is 0 Å². The molecule has 1 heterocycles. The first-order valence-electron chi connectivity index (χ1n) is 5.37. The van der Waals surface area contributed by atoms with Gasteiger partial charge in [-0.2, -0.15) is 0 Å². The van der Waals surface area contributed by atoms with Crippen LogP contribution in [0, 0.1) is 0 Å². The van der Waals surface area contributed by atoms with E-state index in [9.17, 15) is 13.2 Å². The summed E-state index contributed by atoms with van der Waals surface area (Å²) in [7, 11) is -3.85. The highest BCUT2D eigenvalue weighted by Crippen LogP contribution is 2.22. The Morgan fingerprint density at radius 1 is 1.20 bits per heavy atom. The van der Waals surface area contributed by atoms with E-state index in [1.54, 1.807) is 12.1 Å². The summed E-state index contributed by atoms with van der Waals surface area (Å²) in [4.78, 5) is 14.2. The Hall–Kier alpha value is -2.12. The van der Waals surface area contributed by atoms with Crippen LogP contribution in [-0.4, -0.2) is 24.5 Å². The molecule has 0 atom stereocenters. The topological polar surface area (TPSA) is 96.4 Å². The lowest BCUT2D eigenvalue weighted by Gasteiger charge is -2.09. The molecule has 104 valence electrons. The number of aromatic nitrogens is 1. The number of sulfonamides is 1. The molecule has 2 aromatic rings. The molecule has 0 saturated heterocycles. The van der Waals surface area contributed by atoms with E-state index >= 15 is 0 Å². The molecule has 0 unspecified atom stereocenters. The summed E-state index contributed by atoms with van der Waals surface area (Å²) in [6.45, 7) is 0. The van der Waals surface area contributed by atoms with Gasteiger partial charge in [-0.3, -0.25) is 4.72 Å². The fourth-order valence-electron chi connectivity index (χ4n) is 1.45. The van der Waals surface area contributed by atoms with Crippen LogP contribution in [0.2, 0.25) is 5.02 Å². The molecule has 0 aliphatic heterocycles. The van der Waals surface area contributed by atoms with Crippen molar-refractivity contribution in [1.82, 2.24) is 4.98 Å². The zero-order chi connectivity index (χ0) is 14.8. The number of aromatic carboxylic acids is 1. The minimum atomic E-state index is -3.85. The Balaban J connectivity index is 2.29. The Morgan fingerprint density at radius 3 is 2.45 bits per heavy atom. The number of nitrogens with zero attached hydrogens (tertiary/aromatic N) is 1. The molecule has 2 rings (SSSR count). The van der Waals surface area contributed by atoms with Gasteiger partial charge < -0.3 is 5.11 Å². The molecule has 1 aromatic carbocycles. The molecule has 20 heavy (non-hydrogen) atoms.